The summed E-state index contributed by atoms with van der Waals surface area (Å²) in [5.41, 5.74) is 2.55. The number of carbonyl (C=O) groups excluding carboxylic acids is 2. The first kappa shape index (κ1) is 21.9. The molecule has 1 saturated carbocycles. The summed E-state index contributed by atoms with van der Waals surface area (Å²) >= 11 is 0. The van der Waals surface area contributed by atoms with Crippen molar-refractivity contribution in [3.8, 4) is 0 Å². The van der Waals surface area contributed by atoms with E-state index in [9.17, 15) is 9.59 Å². The van der Waals surface area contributed by atoms with Gasteiger partial charge in [0.15, 0.2) is 0 Å². The van der Waals surface area contributed by atoms with Gasteiger partial charge in [-0.1, -0.05) is 64.3 Å². The van der Waals surface area contributed by atoms with E-state index in [4.69, 9.17) is 0 Å². The minimum absolute atomic E-state index is 0.0170. The van der Waals surface area contributed by atoms with Gasteiger partial charge in [0.2, 0.25) is 11.8 Å². The monoisotopic (exact) mass is 398 g/mol. The maximum absolute atomic E-state index is 12.7. The molecular weight excluding hydrogens is 360 g/mol. The second-order valence-electron chi connectivity index (χ2n) is 10.1. The Bertz CT molecular complexity index is 699. The zero-order valence-corrected chi connectivity index (χ0v) is 18.7. The molecule has 0 spiro atoms. The molecule has 0 bridgehead atoms. The molecule has 1 aromatic carbocycles. The fraction of sp³-hybridized carbons (Fsp3) is 0.680. The van der Waals surface area contributed by atoms with Crippen LogP contribution in [0, 0.1) is 5.92 Å². The lowest BCUT2D eigenvalue weighted by atomic mass is 9.84. The summed E-state index contributed by atoms with van der Waals surface area (Å²) < 4.78 is 0. The van der Waals surface area contributed by atoms with E-state index in [2.05, 4.69) is 57.3 Å². The number of amides is 2. The zero-order chi connectivity index (χ0) is 21.0. The van der Waals surface area contributed by atoms with E-state index in [1.807, 2.05) is 4.90 Å². The molecule has 1 aliphatic carbocycles. The van der Waals surface area contributed by atoms with Crippen LogP contribution < -0.4 is 5.32 Å². The van der Waals surface area contributed by atoms with E-state index < -0.39 is 0 Å². The number of rotatable bonds is 6. The van der Waals surface area contributed by atoms with Crippen molar-refractivity contribution in [1.29, 1.82) is 0 Å². The first-order valence-corrected chi connectivity index (χ1v) is 11.4. The molecule has 1 heterocycles. The van der Waals surface area contributed by atoms with Gasteiger partial charge in [0.1, 0.15) is 0 Å². The van der Waals surface area contributed by atoms with Crippen LogP contribution in [0.3, 0.4) is 0 Å². The third kappa shape index (κ3) is 5.83. The molecule has 4 nitrogen and oxygen atoms in total. The van der Waals surface area contributed by atoms with Crippen LogP contribution in [0.25, 0.3) is 0 Å². The van der Waals surface area contributed by atoms with E-state index in [1.54, 1.807) is 0 Å². The van der Waals surface area contributed by atoms with Crippen LogP contribution in [0.5, 0.6) is 0 Å². The molecule has 1 unspecified atom stereocenters. The summed E-state index contributed by atoms with van der Waals surface area (Å²) in [5.74, 6) is 0.870. The summed E-state index contributed by atoms with van der Waals surface area (Å²) in [5, 5.41) is 3.22. The molecule has 1 saturated heterocycles. The van der Waals surface area contributed by atoms with Crippen molar-refractivity contribution in [2.75, 3.05) is 0 Å². The van der Waals surface area contributed by atoms with Gasteiger partial charge in [-0.3, -0.25) is 9.59 Å². The van der Waals surface area contributed by atoms with Crippen molar-refractivity contribution >= 4 is 11.8 Å². The molecule has 1 aromatic rings. The van der Waals surface area contributed by atoms with E-state index in [0.29, 0.717) is 25.3 Å². The predicted octanol–water partition coefficient (Wildman–Crippen LogP) is 4.95. The lowest BCUT2D eigenvalue weighted by Gasteiger charge is -2.29. The fourth-order valence-corrected chi connectivity index (χ4v) is 4.81. The topological polar surface area (TPSA) is 49.4 Å². The third-order valence-electron chi connectivity index (χ3n) is 6.79. The Hall–Kier alpha value is -1.84. The van der Waals surface area contributed by atoms with Crippen molar-refractivity contribution in [2.24, 2.45) is 5.92 Å². The highest BCUT2D eigenvalue weighted by Crippen LogP contribution is 2.28. The minimum Gasteiger partial charge on any atom is -0.353 e. The van der Waals surface area contributed by atoms with Gasteiger partial charge in [-0.05, 0) is 48.6 Å². The number of likely N-dealkylation sites (tertiary alicyclic amines) is 1. The predicted molar refractivity (Wildman–Crippen MR) is 118 cm³/mol. The molecular formula is C25H38N2O2. The second-order valence-corrected chi connectivity index (χ2v) is 10.1. The number of carbonyl (C=O) groups is 2. The van der Waals surface area contributed by atoms with Crippen LogP contribution in [-0.4, -0.2) is 28.8 Å². The van der Waals surface area contributed by atoms with Crippen molar-refractivity contribution in [3.05, 3.63) is 35.4 Å². The Labute approximate surface area is 176 Å². The summed E-state index contributed by atoms with van der Waals surface area (Å²) in [4.78, 5) is 27.0. The highest BCUT2D eigenvalue weighted by Gasteiger charge is 2.33. The zero-order valence-electron chi connectivity index (χ0n) is 18.7. The molecule has 29 heavy (non-hydrogen) atoms. The molecule has 0 aromatic heterocycles. The maximum atomic E-state index is 12.7. The molecule has 1 N–H and O–H groups in total. The molecule has 2 fully saturated rings. The summed E-state index contributed by atoms with van der Waals surface area (Å²) in [7, 11) is 0. The lowest BCUT2D eigenvalue weighted by molar-refractivity contribution is -0.130. The average molecular weight is 399 g/mol. The van der Waals surface area contributed by atoms with E-state index in [1.165, 1.54) is 37.7 Å². The SMILES string of the molecule is C[C@H](NC(=O)CC1CCC(=O)N1Cc1ccc(C(C)(C)C)cc1)C1CCCCC1. The van der Waals surface area contributed by atoms with Crippen molar-refractivity contribution in [1.82, 2.24) is 10.2 Å². The average Bonchev–Trinajstić information content (AvgIpc) is 3.01. The van der Waals surface area contributed by atoms with Crippen LogP contribution in [-0.2, 0) is 21.5 Å². The van der Waals surface area contributed by atoms with Gasteiger partial charge >= 0.3 is 0 Å². The largest absolute Gasteiger partial charge is 0.353 e. The fourth-order valence-electron chi connectivity index (χ4n) is 4.81. The number of benzene rings is 1. The van der Waals surface area contributed by atoms with Gasteiger partial charge in [-0.25, -0.2) is 0 Å². The van der Waals surface area contributed by atoms with Crippen LogP contribution in [0.4, 0.5) is 0 Å². The van der Waals surface area contributed by atoms with E-state index >= 15 is 0 Å². The van der Waals surface area contributed by atoms with Gasteiger partial charge in [-0.15, -0.1) is 0 Å². The van der Waals surface area contributed by atoms with Gasteiger partial charge in [0, 0.05) is 31.5 Å². The van der Waals surface area contributed by atoms with Gasteiger partial charge < -0.3 is 10.2 Å². The van der Waals surface area contributed by atoms with Gasteiger partial charge in [0.05, 0.1) is 0 Å². The van der Waals surface area contributed by atoms with E-state index in [-0.39, 0.29) is 29.3 Å². The number of nitrogens with zero attached hydrogens (tertiary/aromatic N) is 1. The summed E-state index contributed by atoms with van der Waals surface area (Å²) in [6.45, 7) is 9.35. The molecule has 3 rings (SSSR count). The minimum atomic E-state index is 0.0170. The normalized spacial score (nSPS) is 22.0. The molecule has 1 aliphatic heterocycles. The van der Waals surface area contributed by atoms with Crippen LogP contribution in [0.2, 0.25) is 0 Å². The van der Waals surface area contributed by atoms with Crippen molar-refractivity contribution in [3.63, 3.8) is 0 Å². The van der Waals surface area contributed by atoms with E-state index in [0.717, 1.165) is 12.0 Å². The summed E-state index contributed by atoms with van der Waals surface area (Å²) in [6, 6.07) is 8.80. The first-order chi connectivity index (χ1) is 13.7. The summed E-state index contributed by atoms with van der Waals surface area (Å²) in [6.07, 6.45) is 8.09. The Morgan fingerprint density at radius 1 is 1.10 bits per heavy atom. The van der Waals surface area contributed by atoms with Crippen molar-refractivity contribution in [2.45, 2.75) is 103 Å². The highest BCUT2D eigenvalue weighted by atomic mass is 16.2. The molecule has 160 valence electrons. The quantitative estimate of drug-likeness (QED) is 0.737. The smallest absolute Gasteiger partial charge is 0.223 e. The van der Waals surface area contributed by atoms with Crippen LogP contribution >= 0.6 is 0 Å². The van der Waals surface area contributed by atoms with Crippen molar-refractivity contribution < 1.29 is 9.59 Å². The molecule has 0 radical (unpaired) electrons. The molecule has 2 atom stereocenters. The molecule has 4 heteroatoms. The third-order valence-corrected chi connectivity index (χ3v) is 6.79. The van der Waals surface area contributed by atoms with Crippen LogP contribution in [0.15, 0.2) is 24.3 Å². The number of hydrogen-bond acceptors (Lipinski definition) is 2. The lowest BCUT2D eigenvalue weighted by Crippen LogP contribution is -2.42. The Morgan fingerprint density at radius 3 is 2.38 bits per heavy atom. The maximum Gasteiger partial charge on any atom is 0.223 e. The highest BCUT2D eigenvalue weighted by molar-refractivity contribution is 5.82. The second kappa shape index (κ2) is 9.32. The molecule has 2 amide bonds. The molecule has 2 aliphatic rings. The van der Waals surface area contributed by atoms with Gasteiger partial charge in [-0.2, -0.15) is 0 Å². The Kier molecular flexibility index (Phi) is 7.02. The Balaban J connectivity index is 1.56. The first-order valence-electron chi connectivity index (χ1n) is 11.4. The Morgan fingerprint density at radius 2 is 1.76 bits per heavy atom. The number of nitrogens with one attached hydrogen (secondary N) is 1. The van der Waals surface area contributed by atoms with Crippen LogP contribution in [0.1, 0.15) is 90.2 Å². The number of hydrogen-bond donors (Lipinski definition) is 1. The standard InChI is InChI=1S/C25H38N2O2/c1-18(20-8-6-5-7-9-20)26-23(28)16-22-14-15-24(29)27(22)17-19-10-12-21(13-11-19)25(2,3)4/h10-13,18,20,22H,5-9,14-17H2,1-4H3,(H,26,28)/t18-,22?/m0/s1. The van der Waals surface area contributed by atoms with Gasteiger partial charge in [0.25, 0.3) is 0 Å².